The fourth-order valence-corrected chi connectivity index (χ4v) is 5.18. The molecule has 0 spiro atoms. The van der Waals surface area contributed by atoms with Gasteiger partial charge in [0.1, 0.15) is 16.8 Å². The second kappa shape index (κ2) is 12.3. The molecule has 1 saturated carbocycles. The fraction of sp³-hybridized carbons (Fsp3) is 0.600. The molecule has 0 aromatic heterocycles. The van der Waals surface area contributed by atoms with Crippen molar-refractivity contribution in [2.24, 2.45) is 5.92 Å². The molecule has 3 N–H and O–H groups in total. The Balaban J connectivity index is 1.88. The molecule has 10 heteroatoms. The van der Waals surface area contributed by atoms with Gasteiger partial charge in [-0.2, -0.15) is 16.5 Å². The van der Waals surface area contributed by atoms with Gasteiger partial charge in [-0.1, -0.05) is 31.4 Å². The van der Waals surface area contributed by atoms with Crippen molar-refractivity contribution in [1.82, 2.24) is 15.4 Å². The zero-order chi connectivity index (χ0) is 22.0. The Bertz CT molecular complexity index is 814. The third-order valence-electron chi connectivity index (χ3n) is 5.05. The highest BCUT2D eigenvalue weighted by Crippen LogP contribution is 2.23. The zero-order valence-corrected chi connectivity index (χ0v) is 18.8. The van der Waals surface area contributed by atoms with Crippen LogP contribution < -0.4 is 15.4 Å². The Labute approximate surface area is 182 Å². The van der Waals surface area contributed by atoms with E-state index < -0.39 is 32.7 Å². The maximum Gasteiger partial charge on any atom is 0.244 e. The summed E-state index contributed by atoms with van der Waals surface area (Å²) in [5, 5.41) is 5.48. The first-order chi connectivity index (χ1) is 14.3. The van der Waals surface area contributed by atoms with Crippen LogP contribution in [-0.2, 0) is 19.6 Å². The SMILES string of the molecule is CSCCC(NS(=O)(=O)c1ccccc1F)C(=O)NCCNC(=O)C1CCCCC1. The molecule has 1 atom stereocenters. The van der Waals surface area contributed by atoms with Crippen molar-refractivity contribution < 1.29 is 22.4 Å². The molecule has 168 valence electrons. The quantitative estimate of drug-likeness (QED) is 0.439. The number of carbonyl (C=O) groups is 2. The van der Waals surface area contributed by atoms with Gasteiger partial charge in [0, 0.05) is 19.0 Å². The van der Waals surface area contributed by atoms with Gasteiger partial charge in [0.2, 0.25) is 21.8 Å². The van der Waals surface area contributed by atoms with Crippen LogP contribution in [0.2, 0.25) is 0 Å². The van der Waals surface area contributed by atoms with E-state index in [1.165, 1.54) is 30.3 Å². The van der Waals surface area contributed by atoms with E-state index in [0.717, 1.165) is 37.8 Å². The van der Waals surface area contributed by atoms with Crippen LogP contribution in [0.25, 0.3) is 0 Å². The molecule has 1 aliphatic rings. The van der Waals surface area contributed by atoms with Gasteiger partial charge in [0.25, 0.3) is 0 Å². The molecule has 0 radical (unpaired) electrons. The summed E-state index contributed by atoms with van der Waals surface area (Å²) in [5.41, 5.74) is 0. The average molecular weight is 460 g/mol. The van der Waals surface area contributed by atoms with Gasteiger partial charge in [-0.05, 0) is 43.4 Å². The van der Waals surface area contributed by atoms with Crippen molar-refractivity contribution in [2.45, 2.75) is 49.5 Å². The first-order valence-corrected chi connectivity index (χ1v) is 13.0. The van der Waals surface area contributed by atoms with Gasteiger partial charge in [-0.3, -0.25) is 9.59 Å². The van der Waals surface area contributed by atoms with Gasteiger partial charge in [-0.15, -0.1) is 0 Å². The van der Waals surface area contributed by atoms with Crippen molar-refractivity contribution in [1.29, 1.82) is 0 Å². The van der Waals surface area contributed by atoms with Gasteiger partial charge >= 0.3 is 0 Å². The number of amides is 2. The Kier molecular flexibility index (Phi) is 10.1. The number of hydrogen-bond donors (Lipinski definition) is 3. The molecule has 1 unspecified atom stereocenters. The minimum absolute atomic E-state index is 0.00291. The van der Waals surface area contributed by atoms with Crippen LogP contribution in [0, 0.1) is 11.7 Å². The molecule has 1 aromatic carbocycles. The van der Waals surface area contributed by atoms with Crippen molar-refractivity contribution in [3.8, 4) is 0 Å². The number of carbonyl (C=O) groups excluding carboxylic acids is 2. The van der Waals surface area contributed by atoms with Gasteiger partial charge in [0.05, 0.1) is 0 Å². The van der Waals surface area contributed by atoms with E-state index >= 15 is 0 Å². The van der Waals surface area contributed by atoms with Crippen LogP contribution in [0.5, 0.6) is 0 Å². The fourth-order valence-electron chi connectivity index (χ4n) is 3.40. The van der Waals surface area contributed by atoms with E-state index in [-0.39, 0.29) is 31.3 Å². The van der Waals surface area contributed by atoms with Crippen LogP contribution in [0.3, 0.4) is 0 Å². The smallest absolute Gasteiger partial charge is 0.244 e. The highest BCUT2D eigenvalue weighted by atomic mass is 32.2. The lowest BCUT2D eigenvalue weighted by molar-refractivity contribution is -0.126. The summed E-state index contributed by atoms with van der Waals surface area (Å²) < 4.78 is 41.3. The number of benzene rings is 1. The van der Waals surface area contributed by atoms with Crippen molar-refractivity contribution >= 4 is 33.6 Å². The molecular weight excluding hydrogens is 429 g/mol. The topological polar surface area (TPSA) is 104 Å². The lowest BCUT2D eigenvalue weighted by Crippen LogP contribution is -2.48. The molecule has 1 aromatic rings. The summed E-state index contributed by atoms with van der Waals surface area (Å²) in [7, 11) is -4.19. The Morgan fingerprint density at radius 1 is 1.13 bits per heavy atom. The van der Waals surface area contributed by atoms with Crippen molar-refractivity contribution in [3.63, 3.8) is 0 Å². The third kappa shape index (κ3) is 7.55. The average Bonchev–Trinajstić information content (AvgIpc) is 2.74. The summed E-state index contributed by atoms with van der Waals surface area (Å²) in [6, 6.07) is 4.00. The second-order valence-electron chi connectivity index (χ2n) is 7.30. The van der Waals surface area contributed by atoms with Gasteiger partial charge < -0.3 is 10.6 Å². The molecule has 0 heterocycles. The molecule has 1 fully saturated rings. The van der Waals surface area contributed by atoms with Gasteiger partial charge in [-0.25, -0.2) is 12.8 Å². The lowest BCUT2D eigenvalue weighted by atomic mass is 9.89. The predicted octanol–water partition coefficient (Wildman–Crippen LogP) is 2.04. The first-order valence-electron chi connectivity index (χ1n) is 10.2. The number of sulfonamides is 1. The van der Waals surface area contributed by atoms with E-state index in [1.54, 1.807) is 0 Å². The number of thioether (sulfide) groups is 1. The van der Waals surface area contributed by atoms with Crippen LogP contribution in [0.1, 0.15) is 38.5 Å². The number of hydrogen-bond acceptors (Lipinski definition) is 5. The Hall–Kier alpha value is -1.65. The monoisotopic (exact) mass is 459 g/mol. The predicted molar refractivity (Wildman–Crippen MR) is 116 cm³/mol. The largest absolute Gasteiger partial charge is 0.354 e. The summed E-state index contributed by atoms with van der Waals surface area (Å²) >= 11 is 1.47. The summed E-state index contributed by atoms with van der Waals surface area (Å²) in [6.07, 6.45) is 7.19. The number of halogens is 1. The van der Waals surface area contributed by atoms with E-state index in [9.17, 15) is 22.4 Å². The van der Waals surface area contributed by atoms with E-state index in [2.05, 4.69) is 15.4 Å². The molecule has 0 bridgehead atoms. The van der Waals surface area contributed by atoms with E-state index in [1.807, 2.05) is 6.26 Å². The lowest BCUT2D eigenvalue weighted by Gasteiger charge is -2.21. The molecule has 1 aliphatic carbocycles. The van der Waals surface area contributed by atoms with Crippen LogP contribution >= 0.6 is 11.8 Å². The molecular formula is C20H30FN3O4S2. The molecule has 30 heavy (non-hydrogen) atoms. The summed E-state index contributed by atoms with van der Waals surface area (Å²) in [6.45, 7) is 0.463. The standard InChI is InChI=1S/C20H30FN3O4S2/c1-29-14-11-17(24-30(27,28)18-10-6-5-9-16(18)21)20(26)23-13-12-22-19(25)15-7-3-2-4-8-15/h5-6,9-10,15,17,24H,2-4,7-8,11-14H2,1H3,(H,22,25)(H,23,26). The van der Waals surface area contributed by atoms with Crippen molar-refractivity contribution in [2.75, 3.05) is 25.1 Å². The van der Waals surface area contributed by atoms with Crippen LogP contribution in [-0.4, -0.2) is 51.4 Å². The second-order valence-corrected chi connectivity index (χ2v) is 9.97. The minimum Gasteiger partial charge on any atom is -0.354 e. The van der Waals surface area contributed by atoms with Crippen molar-refractivity contribution in [3.05, 3.63) is 30.1 Å². The van der Waals surface area contributed by atoms with E-state index in [0.29, 0.717) is 5.75 Å². The summed E-state index contributed by atoms with van der Waals surface area (Å²) in [5.74, 6) is -0.786. The molecule has 7 nitrogen and oxygen atoms in total. The normalized spacial score (nSPS) is 16.1. The third-order valence-corrected chi connectivity index (χ3v) is 7.20. The number of nitrogens with one attached hydrogen (secondary N) is 3. The first kappa shape index (κ1) is 24.6. The van der Waals surface area contributed by atoms with Crippen LogP contribution in [0.15, 0.2) is 29.2 Å². The summed E-state index contributed by atoms with van der Waals surface area (Å²) in [4.78, 5) is 24.2. The van der Waals surface area contributed by atoms with Gasteiger partial charge in [0.15, 0.2) is 0 Å². The highest BCUT2D eigenvalue weighted by molar-refractivity contribution is 7.98. The van der Waals surface area contributed by atoms with Crippen LogP contribution in [0.4, 0.5) is 4.39 Å². The molecule has 2 rings (SSSR count). The Morgan fingerprint density at radius 2 is 1.80 bits per heavy atom. The maximum absolute atomic E-state index is 13.9. The minimum atomic E-state index is -4.19. The zero-order valence-electron chi connectivity index (χ0n) is 17.2. The maximum atomic E-state index is 13.9. The molecule has 0 saturated heterocycles. The Morgan fingerprint density at radius 3 is 2.47 bits per heavy atom. The molecule has 0 aliphatic heterocycles. The van der Waals surface area contributed by atoms with E-state index in [4.69, 9.17) is 0 Å². The molecule has 2 amide bonds. The number of rotatable bonds is 11. The highest BCUT2D eigenvalue weighted by Gasteiger charge is 2.27.